The highest BCUT2D eigenvalue weighted by atomic mass is 16.4. The number of aliphatic hydroxyl groups excluding tert-OH is 1. The average molecular weight is 258 g/mol. The van der Waals surface area contributed by atoms with Gasteiger partial charge in [0.25, 0.3) is 0 Å². The van der Waals surface area contributed by atoms with Crippen LogP contribution in [0.4, 0.5) is 0 Å². The summed E-state index contributed by atoms with van der Waals surface area (Å²) in [4.78, 5) is 10.8. The first kappa shape index (κ1) is 17.4. The molecule has 3 nitrogen and oxygen atoms in total. The lowest BCUT2D eigenvalue weighted by atomic mass is 9.83. The van der Waals surface area contributed by atoms with E-state index >= 15 is 0 Å². The Morgan fingerprint density at radius 2 is 1.61 bits per heavy atom. The number of carboxylic acids is 1. The number of hydrogen-bond donors (Lipinski definition) is 2. The molecule has 0 unspecified atom stereocenters. The van der Waals surface area contributed by atoms with Crippen molar-refractivity contribution in [3.8, 4) is 0 Å². The van der Waals surface area contributed by atoms with Crippen molar-refractivity contribution in [2.45, 2.75) is 66.4 Å². The van der Waals surface area contributed by atoms with E-state index in [1.54, 1.807) is 6.92 Å². The molecule has 0 aliphatic rings. The molecule has 0 amide bonds. The summed E-state index contributed by atoms with van der Waals surface area (Å²) in [6, 6.07) is 0. The van der Waals surface area contributed by atoms with Crippen LogP contribution in [0.15, 0.2) is 0 Å². The van der Waals surface area contributed by atoms with E-state index in [0.717, 1.165) is 12.8 Å². The van der Waals surface area contributed by atoms with Gasteiger partial charge in [-0.05, 0) is 37.5 Å². The molecule has 0 aromatic heterocycles. The number of rotatable bonds is 9. The van der Waals surface area contributed by atoms with Gasteiger partial charge in [0, 0.05) is 0 Å². The third-order valence-electron chi connectivity index (χ3n) is 3.85. The smallest absolute Gasteiger partial charge is 0.308 e. The molecule has 0 heterocycles. The van der Waals surface area contributed by atoms with Crippen molar-refractivity contribution in [2.75, 3.05) is 0 Å². The number of hydrogen-bond acceptors (Lipinski definition) is 2. The van der Waals surface area contributed by atoms with Crippen molar-refractivity contribution >= 4 is 5.97 Å². The van der Waals surface area contributed by atoms with Gasteiger partial charge in [0.2, 0.25) is 0 Å². The minimum Gasteiger partial charge on any atom is -0.481 e. The van der Waals surface area contributed by atoms with Crippen LogP contribution in [0.1, 0.15) is 60.3 Å². The second kappa shape index (κ2) is 8.52. The van der Waals surface area contributed by atoms with Crippen molar-refractivity contribution in [1.82, 2.24) is 0 Å². The number of carboxylic acid groups (broad SMARTS) is 1. The molecule has 0 fully saturated rings. The van der Waals surface area contributed by atoms with Crippen molar-refractivity contribution < 1.29 is 15.0 Å². The first-order valence-corrected chi connectivity index (χ1v) is 7.20. The molecule has 0 radical (unpaired) electrons. The van der Waals surface area contributed by atoms with Gasteiger partial charge in [-0.15, -0.1) is 0 Å². The molecule has 0 aromatic rings. The molecule has 5 atom stereocenters. The highest BCUT2D eigenvalue weighted by molar-refractivity contribution is 5.70. The Hall–Kier alpha value is -0.570. The van der Waals surface area contributed by atoms with E-state index in [2.05, 4.69) is 20.8 Å². The third kappa shape index (κ3) is 6.39. The molecule has 0 aliphatic carbocycles. The molecule has 18 heavy (non-hydrogen) atoms. The van der Waals surface area contributed by atoms with Gasteiger partial charge >= 0.3 is 5.97 Å². The van der Waals surface area contributed by atoms with Crippen molar-refractivity contribution in [2.24, 2.45) is 23.7 Å². The first-order chi connectivity index (χ1) is 8.29. The van der Waals surface area contributed by atoms with Gasteiger partial charge in [-0.25, -0.2) is 0 Å². The Bertz CT molecular complexity index is 240. The van der Waals surface area contributed by atoms with Crippen LogP contribution in [-0.4, -0.2) is 22.3 Å². The highest BCUT2D eigenvalue weighted by Crippen LogP contribution is 2.26. The van der Waals surface area contributed by atoms with Crippen LogP contribution in [0.2, 0.25) is 0 Å². The Kier molecular flexibility index (Phi) is 8.25. The van der Waals surface area contributed by atoms with Crippen LogP contribution < -0.4 is 0 Å². The van der Waals surface area contributed by atoms with Gasteiger partial charge in [-0.3, -0.25) is 4.79 Å². The largest absolute Gasteiger partial charge is 0.481 e. The van der Waals surface area contributed by atoms with Gasteiger partial charge in [0.05, 0.1) is 12.0 Å². The van der Waals surface area contributed by atoms with Crippen LogP contribution >= 0.6 is 0 Å². The zero-order chi connectivity index (χ0) is 14.3. The summed E-state index contributed by atoms with van der Waals surface area (Å²) in [6.45, 7) is 10.2. The Balaban J connectivity index is 4.13. The Morgan fingerprint density at radius 1 is 1.06 bits per heavy atom. The molecule has 0 aromatic carbocycles. The molecule has 0 saturated carbocycles. The molecule has 0 aliphatic heterocycles. The van der Waals surface area contributed by atoms with Gasteiger partial charge in [0.15, 0.2) is 0 Å². The van der Waals surface area contributed by atoms with Crippen LogP contribution in [0.25, 0.3) is 0 Å². The van der Waals surface area contributed by atoms with E-state index in [4.69, 9.17) is 5.11 Å². The third-order valence-corrected chi connectivity index (χ3v) is 3.85. The van der Waals surface area contributed by atoms with Gasteiger partial charge in [0.1, 0.15) is 0 Å². The molecule has 0 spiro atoms. The molecular formula is C15H30O3. The van der Waals surface area contributed by atoms with Gasteiger partial charge < -0.3 is 10.2 Å². The zero-order valence-electron chi connectivity index (χ0n) is 12.5. The van der Waals surface area contributed by atoms with Crippen molar-refractivity contribution in [3.05, 3.63) is 0 Å². The monoisotopic (exact) mass is 258 g/mol. The Labute approximate surface area is 112 Å². The minimum atomic E-state index is -0.915. The molecule has 0 saturated heterocycles. The molecular weight excluding hydrogens is 228 g/mol. The standard InChI is InChI=1S/C15H30O3/c1-6-7-10(2)8-11(3)9-12(4)14(16)13(5)15(17)18/h10-14,16H,6-9H2,1-5H3,(H,17,18)/t10-,11-,12-,13+,14+/m0/s1. The van der Waals surface area contributed by atoms with E-state index in [1.165, 1.54) is 12.8 Å². The van der Waals surface area contributed by atoms with E-state index in [1.807, 2.05) is 6.92 Å². The lowest BCUT2D eigenvalue weighted by Gasteiger charge is -2.26. The van der Waals surface area contributed by atoms with Gasteiger partial charge in [-0.2, -0.15) is 0 Å². The normalized spacial score (nSPS) is 19.9. The van der Waals surface area contributed by atoms with E-state index in [9.17, 15) is 9.90 Å². The zero-order valence-corrected chi connectivity index (χ0v) is 12.5. The summed E-state index contributed by atoms with van der Waals surface area (Å²) in [7, 11) is 0. The number of aliphatic carboxylic acids is 1. The predicted molar refractivity (Wildman–Crippen MR) is 74.4 cm³/mol. The molecule has 2 N–H and O–H groups in total. The number of carbonyl (C=O) groups is 1. The van der Waals surface area contributed by atoms with Crippen molar-refractivity contribution in [3.63, 3.8) is 0 Å². The minimum absolute atomic E-state index is 0.0416. The maximum atomic E-state index is 10.8. The lowest BCUT2D eigenvalue weighted by molar-refractivity contribution is -0.146. The molecule has 3 heteroatoms. The SMILES string of the molecule is CCC[C@H](C)C[C@H](C)C[C@H](C)[C@@H](O)[C@@H](C)C(=O)O. The van der Waals surface area contributed by atoms with E-state index in [-0.39, 0.29) is 5.92 Å². The molecule has 0 bridgehead atoms. The summed E-state index contributed by atoms with van der Waals surface area (Å²) in [5.41, 5.74) is 0. The second-order valence-electron chi connectivity index (χ2n) is 6.07. The number of aliphatic hydroxyl groups is 1. The molecule has 0 rings (SSSR count). The fraction of sp³-hybridized carbons (Fsp3) is 0.933. The van der Waals surface area contributed by atoms with Gasteiger partial charge in [-0.1, -0.05) is 40.5 Å². The van der Waals surface area contributed by atoms with E-state index in [0.29, 0.717) is 11.8 Å². The van der Waals surface area contributed by atoms with Crippen LogP contribution in [0.5, 0.6) is 0 Å². The fourth-order valence-electron chi connectivity index (χ4n) is 2.81. The topological polar surface area (TPSA) is 57.5 Å². The molecule has 108 valence electrons. The lowest BCUT2D eigenvalue weighted by Crippen LogP contribution is -2.32. The predicted octanol–water partition coefficient (Wildman–Crippen LogP) is 3.56. The summed E-state index contributed by atoms with van der Waals surface area (Å²) in [6.07, 6.45) is 3.76. The highest BCUT2D eigenvalue weighted by Gasteiger charge is 2.27. The first-order valence-electron chi connectivity index (χ1n) is 7.20. The van der Waals surface area contributed by atoms with Crippen molar-refractivity contribution in [1.29, 1.82) is 0 Å². The average Bonchev–Trinajstić information content (AvgIpc) is 2.26. The summed E-state index contributed by atoms with van der Waals surface area (Å²) < 4.78 is 0. The fourth-order valence-corrected chi connectivity index (χ4v) is 2.81. The maximum absolute atomic E-state index is 10.8. The van der Waals surface area contributed by atoms with Crippen LogP contribution in [0.3, 0.4) is 0 Å². The van der Waals surface area contributed by atoms with Crippen LogP contribution in [-0.2, 0) is 4.79 Å². The second-order valence-corrected chi connectivity index (χ2v) is 6.07. The Morgan fingerprint density at radius 3 is 2.06 bits per heavy atom. The summed E-state index contributed by atoms with van der Waals surface area (Å²) >= 11 is 0. The quantitative estimate of drug-likeness (QED) is 0.665. The summed E-state index contributed by atoms with van der Waals surface area (Å²) in [5.74, 6) is -0.301. The summed E-state index contributed by atoms with van der Waals surface area (Å²) in [5, 5.41) is 18.9. The van der Waals surface area contributed by atoms with E-state index < -0.39 is 18.0 Å². The van der Waals surface area contributed by atoms with Crippen LogP contribution in [0, 0.1) is 23.7 Å². The maximum Gasteiger partial charge on any atom is 0.308 e.